The van der Waals surface area contributed by atoms with Crippen molar-refractivity contribution in [2.75, 3.05) is 13.1 Å². The summed E-state index contributed by atoms with van der Waals surface area (Å²) in [4.78, 5) is 23.5. The summed E-state index contributed by atoms with van der Waals surface area (Å²) in [6.07, 6.45) is 1.81. The number of aromatic amines is 1. The van der Waals surface area contributed by atoms with E-state index >= 15 is 0 Å². The molecule has 0 aliphatic heterocycles. The zero-order chi connectivity index (χ0) is 19.4. The van der Waals surface area contributed by atoms with E-state index in [2.05, 4.69) is 27.2 Å². The molecule has 1 atom stereocenters. The molecule has 0 aliphatic rings. The lowest BCUT2D eigenvalue weighted by atomic mass is 10.1. The molecular formula is C19H25N7O. The van der Waals surface area contributed by atoms with Crippen molar-refractivity contribution >= 4 is 17.0 Å². The Balaban J connectivity index is 1.64. The summed E-state index contributed by atoms with van der Waals surface area (Å²) in [5.74, 6) is 0.461. The van der Waals surface area contributed by atoms with Crippen molar-refractivity contribution in [2.24, 2.45) is 22.4 Å². The monoisotopic (exact) mass is 367 g/mol. The number of aryl methyl sites for hydroxylation is 1. The summed E-state index contributed by atoms with van der Waals surface area (Å²) in [5, 5.41) is 4.30. The van der Waals surface area contributed by atoms with E-state index in [9.17, 15) is 4.79 Å². The molecule has 1 aromatic carbocycles. The number of hydrogen-bond acceptors (Lipinski definition) is 4. The maximum absolute atomic E-state index is 12.3. The Kier molecular flexibility index (Phi) is 5.56. The first-order valence-electron chi connectivity index (χ1n) is 8.87. The molecule has 0 fully saturated rings. The van der Waals surface area contributed by atoms with E-state index in [0.717, 1.165) is 35.4 Å². The summed E-state index contributed by atoms with van der Waals surface area (Å²) < 4.78 is 1.56. The van der Waals surface area contributed by atoms with Gasteiger partial charge in [-0.15, -0.1) is 0 Å². The molecule has 0 saturated carbocycles. The standard InChI is InChI=1S/C19H25N7O/c1-12(9-23-18(20)21)8-22-10-14-3-5-16(6-4-14)26-11-15-7-13(2)24-17(15)25-19(26)27/h3-7,11-12,22H,8-10H2,1-2H3,(H4,20,21,23)(H,24,25,27)/t12-/m0/s1. The summed E-state index contributed by atoms with van der Waals surface area (Å²) in [6, 6.07) is 9.83. The molecule has 3 rings (SSSR count). The van der Waals surface area contributed by atoms with Gasteiger partial charge in [-0.25, -0.2) is 4.79 Å². The van der Waals surface area contributed by atoms with Crippen LogP contribution in [0.25, 0.3) is 16.7 Å². The van der Waals surface area contributed by atoms with Gasteiger partial charge < -0.3 is 21.8 Å². The van der Waals surface area contributed by atoms with Crippen LogP contribution in [0.1, 0.15) is 18.2 Å². The van der Waals surface area contributed by atoms with Crippen molar-refractivity contribution in [2.45, 2.75) is 20.4 Å². The third-order valence-corrected chi connectivity index (χ3v) is 4.26. The topological polar surface area (TPSA) is 127 Å². The Morgan fingerprint density at radius 3 is 2.78 bits per heavy atom. The van der Waals surface area contributed by atoms with Crippen molar-refractivity contribution in [3.63, 3.8) is 0 Å². The summed E-state index contributed by atoms with van der Waals surface area (Å²) in [7, 11) is 0. The van der Waals surface area contributed by atoms with Gasteiger partial charge in [-0.3, -0.25) is 9.56 Å². The SMILES string of the molecule is Cc1cc2cn(-c3ccc(CNC[C@H](C)CN=C(N)N)cc3)c(=O)nc2[nH]1. The highest BCUT2D eigenvalue weighted by molar-refractivity contribution is 5.76. The molecule has 6 N–H and O–H groups in total. The van der Waals surface area contributed by atoms with E-state index in [1.165, 1.54) is 0 Å². The van der Waals surface area contributed by atoms with Gasteiger partial charge >= 0.3 is 5.69 Å². The van der Waals surface area contributed by atoms with Crippen LogP contribution in [-0.2, 0) is 6.54 Å². The number of benzene rings is 1. The van der Waals surface area contributed by atoms with E-state index in [1.807, 2.05) is 43.5 Å². The van der Waals surface area contributed by atoms with Gasteiger partial charge in [0.05, 0.1) is 5.69 Å². The van der Waals surface area contributed by atoms with Gasteiger partial charge in [0, 0.05) is 30.4 Å². The van der Waals surface area contributed by atoms with Gasteiger partial charge in [-0.1, -0.05) is 19.1 Å². The lowest BCUT2D eigenvalue weighted by molar-refractivity contribution is 0.523. The molecule has 2 aromatic heterocycles. The van der Waals surface area contributed by atoms with Crippen LogP contribution in [0.3, 0.4) is 0 Å². The van der Waals surface area contributed by atoms with Gasteiger partial charge in [0.2, 0.25) is 0 Å². The molecule has 142 valence electrons. The van der Waals surface area contributed by atoms with Gasteiger partial charge in [-0.05, 0) is 43.1 Å². The predicted molar refractivity (Wildman–Crippen MR) is 108 cm³/mol. The highest BCUT2D eigenvalue weighted by Crippen LogP contribution is 2.13. The Labute approximate surface area is 157 Å². The fraction of sp³-hybridized carbons (Fsp3) is 0.316. The van der Waals surface area contributed by atoms with E-state index < -0.39 is 0 Å². The van der Waals surface area contributed by atoms with Crippen LogP contribution in [0.5, 0.6) is 0 Å². The number of guanidine groups is 1. The minimum Gasteiger partial charge on any atom is -0.370 e. The Bertz CT molecular complexity index is 997. The highest BCUT2D eigenvalue weighted by Gasteiger charge is 2.06. The third-order valence-electron chi connectivity index (χ3n) is 4.26. The maximum atomic E-state index is 12.3. The number of fused-ring (bicyclic) bond motifs is 1. The van der Waals surface area contributed by atoms with E-state index in [1.54, 1.807) is 4.57 Å². The fourth-order valence-electron chi connectivity index (χ4n) is 2.88. The quantitative estimate of drug-likeness (QED) is 0.366. The second-order valence-electron chi connectivity index (χ2n) is 6.82. The number of aliphatic imine (C=N–C) groups is 1. The highest BCUT2D eigenvalue weighted by atomic mass is 16.1. The second-order valence-corrected chi connectivity index (χ2v) is 6.82. The predicted octanol–water partition coefficient (Wildman–Crippen LogP) is 1.02. The van der Waals surface area contributed by atoms with Gasteiger partial charge in [0.25, 0.3) is 0 Å². The van der Waals surface area contributed by atoms with Crippen LogP contribution in [0.2, 0.25) is 0 Å². The number of hydrogen-bond donors (Lipinski definition) is 4. The first kappa shape index (κ1) is 18.7. The number of aromatic nitrogens is 3. The van der Waals surface area contributed by atoms with Crippen LogP contribution in [0.15, 0.2) is 46.3 Å². The average molecular weight is 367 g/mol. The second kappa shape index (κ2) is 8.05. The number of nitrogens with two attached hydrogens (primary N) is 2. The Morgan fingerprint density at radius 1 is 1.33 bits per heavy atom. The van der Waals surface area contributed by atoms with Gasteiger partial charge in [0.1, 0.15) is 5.65 Å². The van der Waals surface area contributed by atoms with Crippen LogP contribution >= 0.6 is 0 Å². The van der Waals surface area contributed by atoms with Crippen LogP contribution < -0.4 is 22.5 Å². The largest absolute Gasteiger partial charge is 0.370 e. The maximum Gasteiger partial charge on any atom is 0.354 e. The molecule has 0 radical (unpaired) electrons. The molecule has 0 spiro atoms. The molecule has 0 unspecified atom stereocenters. The molecular weight excluding hydrogens is 342 g/mol. The first-order chi connectivity index (χ1) is 12.9. The van der Waals surface area contributed by atoms with E-state index in [0.29, 0.717) is 18.1 Å². The third kappa shape index (κ3) is 4.73. The summed E-state index contributed by atoms with van der Waals surface area (Å²) >= 11 is 0. The zero-order valence-corrected chi connectivity index (χ0v) is 15.6. The van der Waals surface area contributed by atoms with Crippen LogP contribution in [-0.4, -0.2) is 33.6 Å². The zero-order valence-electron chi connectivity index (χ0n) is 15.6. The summed E-state index contributed by atoms with van der Waals surface area (Å²) in [5.41, 5.74) is 13.9. The van der Waals surface area contributed by atoms with E-state index in [4.69, 9.17) is 11.5 Å². The minimum absolute atomic E-state index is 0.121. The molecule has 0 saturated heterocycles. The molecule has 3 aromatic rings. The van der Waals surface area contributed by atoms with E-state index in [-0.39, 0.29) is 11.6 Å². The number of nitrogens with one attached hydrogen (secondary N) is 2. The average Bonchev–Trinajstić information content (AvgIpc) is 2.99. The molecule has 27 heavy (non-hydrogen) atoms. The molecule has 8 nitrogen and oxygen atoms in total. The van der Waals surface area contributed by atoms with Crippen molar-refractivity contribution < 1.29 is 0 Å². The Morgan fingerprint density at radius 2 is 2.07 bits per heavy atom. The number of nitrogens with zero attached hydrogens (tertiary/aromatic N) is 3. The normalized spacial score (nSPS) is 12.2. The Hall–Kier alpha value is -3.13. The van der Waals surface area contributed by atoms with Gasteiger partial charge in [0.15, 0.2) is 5.96 Å². The first-order valence-corrected chi connectivity index (χ1v) is 8.87. The molecule has 8 heteroatoms. The van der Waals surface area contributed by atoms with Crippen molar-refractivity contribution in [1.29, 1.82) is 0 Å². The fourth-order valence-corrected chi connectivity index (χ4v) is 2.88. The molecule has 0 bridgehead atoms. The lowest BCUT2D eigenvalue weighted by Gasteiger charge is -2.11. The van der Waals surface area contributed by atoms with Gasteiger partial charge in [-0.2, -0.15) is 4.98 Å². The minimum atomic E-state index is -0.302. The van der Waals surface area contributed by atoms with Crippen molar-refractivity contribution in [3.05, 3.63) is 58.3 Å². The smallest absolute Gasteiger partial charge is 0.354 e. The molecule has 2 heterocycles. The number of H-pyrrole nitrogens is 1. The number of rotatable bonds is 7. The van der Waals surface area contributed by atoms with Crippen LogP contribution in [0, 0.1) is 12.8 Å². The molecule has 0 amide bonds. The summed E-state index contributed by atoms with van der Waals surface area (Å²) in [6.45, 7) is 6.17. The van der Waals surface area contributed by atoms with Crippen molar-refractivity contribution in [1.82, 2.24) is 19.9 Å². The molecule has 0 aliphatic carbocycles. The lowest BCUT2D eigenvalue weighted by Crippen LogP contribution is -2.26. The van der Waals surface area contributed by atoms with Crippen LogP contribution in [0.4, 0.5) is 0 Å². The van der Waals surface area contributed by atoms with Crippen molar-refractivity contribution in [3.8, 4) is 5.69 Å².